The van der Waals surface area contributed by atoms with Crippen molar-refractivity contribution in [1.29, 1.82) is 0 Å². The van der Waals surface area contributed by atoms with E-state index in [1.165, 1.54) is 17.5 Å². The van der Waals surface area contributed by atoms with E-state index >= 15 is 0 Å². The van der Waals surface area contributed by atoms with E-state index in [0.29, 0.717) is 17.3 Å². The first-order valence-corrected chi connectivity index (χ1v) is 6.57. The number of nitrogens with two attached hydrogens (primary N) is 1. The lowest BCUT2D eigenvalue weighted by Crippen LogP contribution is -2.06. The van der Waals surface area contributed by atoms with Crippen LogP contribution >= 0.6 is 0 Å². The third-order valence-corrected chi connectivity index (χ3v) is 3.10. The topological polar surface area (TPSA) is 81.7 Å². The zero-order valence-corrected chi connectivity index (χ0v) is 11.9. The van der Waals surface area contributed by atoms with Crippen LogP contribution in [-0.2, 0) is 0 Å². The van der Waals surface area contributed by atoms with Gasteiger partial charge in [0.05, 0.1) is 0 Å². The molecule has 0 aliphatic carbocycles. The molecule has 0 saturated heterocycles. The Morgan fingerprint density at radius 3 is 2.52 bits per heavy atom. The second-order valence-corrected chi connectivity index (χ2v) is 4.93. The summed E-state index contributed by atoms with van der Waals surface area (Å²) < 4.78 is 1.75. The molecule has 0 unspecified atom stereocenters. The van der Waals surface area contributed by atoms with Crippen molar-refractivity contribution in [2.24, 2.45) is 0 Å². The minimum Gasteiger partial charge on any atom is -0.393 e. The SMILES string of the molecule is Cc1cc(C)cc(Nc2ncnc(-n3ccnc3)c2N)c1. The van der Waals surface area contributed by atoms with Crippen molar-refractivity contribution in [2.45, 2.75) is 13.8 Å². The zero-order chi connectivity index (χ0) is 14.8. The predicted molar refractivity (Wildman–Crippen MR) is 82.8 cm³/mol. The molecule has 1 aromatic carbocycles. The van der Waals surface area contributed by atoms with Crippen molar-refractivity contribution in [3.63, 3.8) is 0 Å². The first-order valence-electron chi connectivity index (χ1n) is 6.57. The van der Waals surface area contributed by atoms with E-state index in [9.17, 15) is 0 Å². The lowest BCUT2D eigenvalue weighted by atomic mass is 10.1. The highest BCUT2D eigenvalue weighted by Crippen LogP contribution is 2.25. The maximum Gasteiger partial charge on any atom is 0.166 e. The van der Waals surface area contributed by atoms with Crippen LogP contribution in [0.3, 0.4) is 0 Å². The van der Waals surface area contributed by atoms with Gasteiger partial charge in [0, 0.05) is 18.1 Å². The minimum atomic E-state index is 0.481. The van der Waals surface area contributed by atoms with Crippen LogP contribution in [0.1, 0.15) is 11.1 Å². The monoisotopic (exact) mass is 280 g/mol. The number of anilines is 3. The van der Waals surface area contributed by atoms with Crippen LogP contribution in [0, 0.1) is 13.8 Å². The Balaban J connectivity index is 1.98. The molecule has 6 heteroatoms. The van der Waals surface area contributed by atoms with Crippen molar-refractivity contribution in [2.75, 3.05) is 11.1 Å². The van der Waals surface area contributed by atoms with Crippen molar-refractivity contribution in [3.8, 4) is 5.82 Å². The summed E-state index contributed by atoms with van der Waals surface area (Å²) in [5, 5.41) is 3.25. The summed E-state index contributed by atoms with van der Waals surface area (Å²) in [6, 6.07) is 6.21. The molecule has 0 amide bonds. The molecule has 3 rings (SSSR count). The van der Waals surface area contributed by atoms with E-state index in [1.807, 2.05) is 12.1 Å². The molecule has 6 nitrogen and oxygen atoms in total. The molecule has 0 aliphatic rings. The summed E-state index contributed by atoms with van der Waals surface area (Å²) in [5.41, 5.74) is 9.96. The van der Waals surface area contributed by atoms with Crippen LogP contribution in [0.25, 0.3) is 5.82 Å². The molecular formula is C15H16N6. The number of benzene rings is 1. The van der Waals surface area contributed by atoms with Crippen LogP contribution < -0.4 is 11.1 Å². The molecule has 0 spiro atoms. The first kappa shape index (κ1) is 13.1. The zero-order valence-electron chi connectivity index (χ0n) is 11.9. The van der Waals surface area contributed by atoms with Gasteiger partial charge in [-0.15, -0.1) is 0 Å². The molecule has 2 heterocycles. The smallest absolute Gasteiger partial charge is 0.166 e. The number of aromatic nitrogens is 4. The lowest BCUT2D eigenvalue weighted by Gasteiger charge is -2.12. The average molecular weight is 280 g/mol. The van der Waals surface area contributed by atoms with Gasteiger partial charge in [-0.2, -0.15) is 0 Å². The number of hydrogen-bond acceptors (Lipinski definition) is 5. The molecule has 0 aliphatic heterocycles. The number of nitrogen functional groups attached to an aromatic ring is 1. The number of imidazole rings is 1. The van der Waals surface area contributed by atoms with Gasteiger partial charge in [0.1, 0.15) is 18.3 Å². The van der Waals surface area contributed by atoms with Crippen molar-refractivity contribution in [3.05, 3.63) is 54.4 Å². The van der Waals surface area contributed by atoms with Gasteiger partial charge in [0.15, 0.2) is 11.6 Å². The minimum absolute atomic E-state index is 0.481. The van der Waals surface area contributed by atoms with Crippen LogP contribution in [0.4, 0.5) is 17.2 Å². The molecule has 3 N–H and O–H groups in total. The van der Waals surface area contributed by atoms with E-state index in [1.54, 1.807) is 23.3 Å². The van der Waals surface area contributed by atoms with Gasteiger partial charge in [-0.3, -0.25) is 4.57 Å². The van der Waals surface area contributed by atoms with E-state index in [0.717, 1.165) is 5.69 Å². The highest BCUT2D eigenvalue weighted by Gasteiger charge is 2.10. The Kier molecular flexibility index (Phi) is 3.27. The predicted octanol–water partition coefficient (Wildman–Crippen LogP) is 2.60. The van der Waals surface area contributed by atoms with Gasteiger partial charge in [-0.1, -0.05) is 6.07 Å². The molecule has 0 radical (unpaired) electrons. The van der Waals surface area contributed by atoms with Crippen LogP contribution in [0.15, 0.2) is 43.2 Å². The van der Waals surface area contributed by atoms with E-state index in [2.05, 4.69) is 40.2 Å². The first-order chi connectivity index (χ1) is 10.1. The Morgan fingerprint density at radius 1 is 1.10 bits per heavy atom. The molecule has 0 fully saturated rings. The molecule has 21 heavy (non-hydrogen) atoms. The summed E-state index contributed by atoms with van der Waals surface area (Å²) in [6.45, 7) is 4.11. The van der Waals surface area contributed by atoms with Gasteiger partial charge in [0.2, 0.25) is 0 Å². The second-order valence-electron chi connectivity index (χ2n) is 4.93. The third-order valence-electron chi connectivity index (χ3n) is 3.10. The lowest BCUT2D eigenvalue weighted by molar-refractivity contribution is 0.977. The number of nitrogens with zero attached hydrogens (tertiary/aromatic N) is 4. The van der Waals surface area contributed by atoms with Crippen molar-refractivity contribution >= 4 is 17.2 Å². The molecule has 106 valence electrons. The molecule has 0 atom stereocenters. The standard InChI is InChI=1S/C15H16N6/c1-10-5-11(2)7-12(6-10)20-14-13(16)15(19-8-18-14)21-4-3-17-9-21/h3-9H,16H2,1-2H3,(H,18,19,20). The Bertz CT molecular complexity index is 744. The fourth-order valence-corrected chi connectivity index (χ4v) is 2.26. The van der Waals surface area contributed by atoms with Gasteiger partial charge >= 0.3 is 0 Å². The molecular weight excluding hydrogens is 264 g/mol. The molecule has 0 bridgehead atoms. The normalized spacial score (nSPS) is 10.6. The van der Waals surface area contributed by atoms with Gasteiger partial charge in [0.25, 0.3) is 0 Å². The van der Waals surface area contributed by atoms with E-state index in [4.69, 9.17) is 5.73 Å². The summed E-state index contributed by atoms with van der Waals surface area (Å²) in [5.74, 6) is 1.19. The Hall–Kier alpha value is -2.89. The summed E-state index contributed by atoms with van der Waals surface area (Å²) in [6.07, 6.45) is 6.60. The van der Waals surface area contributed by atoms with Crippen LogP contribution in [0.5, 0.6) is 0 Å². The largest absolute Gasteiger partial charge is 0.393 e. The maximum atomic E-state index is 6.16. The molecule has 2 aromatic heterocycles. The molecule has 0 saturated carbocycles. The number of hydrogen-bond donors (Lipinski definition) is 2. The van der Waals surface area contributed by atoms with Crippen molar-refractivity contribution in [1.82, 2.24) is 19.5 Å². The van der Waals surface area contributed by atoms with Gasteiger partial charge in [-0.25, -0.2) is 15.0 Å². The summed E-state index contributed by atoms with van der Waals surface area (Å²) in [4.78, 5) is 12.4. The summed E-state index contributed by atoms with van der Waals surface area (Å²) >= 11 is 0. The van der Waals surface area contributed by atoms with Crippen LogP contribution in [-0.4, -0.2) is 19.5 Å². The van der Waals surface area contributed by atoms with Crippen LogP contribution in [0.2, 0.25) is 0 Å². The maximum absolute atomic E-state index is 6.16. The highest BCUT2D eigenvalue weighted by atomic mass is 15.1. The number of rotatable bonds is 3. The number of aryl methyl sites for hydroxylation is 2. The summed E-state index contributed by atoms with van der Waals surface area (Å²) in [7, 11) is 0. The fourth-order valence-electron chi connectivity index (χ4n) is 2.26. The second kappa shape index (κ2) is 5.24. The van der Waals surface area contributed by atoms with E-state index < -0.39 is 0 Å². The number of nitrogens with one attached hydrogen (secondary N) is 1. The average Bonchev–Trinajstić information content (AvgIpc) is 2.94. The van der Waals surface area contributed by atoms with E-state index in [-0.39, 0.29) is 0 Å². The Labute approximate surface area is 122 Å². The fraction of sp³-hybridized carbons (Fsp3) is 0.133. The van der Waals surface area contributed by atoms with Gasteiger partial charge < -0.3 is 11.1 Å². The Morgan fingerprint density at radius 2 is 1.86 bits per heavy atom. The van der Waals surface area contributed by atoms with Gasteiger partial charge in [-0.05, 0) is 37.1 Å². The quantitative estimate of drug-likeness (QED) is 0.770. The highest BCUT2D eigenvalue weighted by molar-refractivity contribution is 5.74. The molecule has 3 aromatic rings. The third kappa shape index (κ3) is 2.69. The van der Waals surface area contributed by atoms with Crippen molar-refractivity contribution < 1.29 is 0 Å².